The van der Waals surface area contributed by atoms with Crippen LogP contribution in [0, 0.1) is 0 Å². The second-order valence-corrected chi connectivity index (χ2v) is 5.70. The Morgan fingerprint density at radius 1 is 1.13 bits per heavy atom. The minimum Gasteiger partial charge on any atom is -0.497 e. The summed E-state index contributed by atoms with van der Waals surface area (Å²) >= 11 is 3.38. The molecule has 0 saturated heterocycles. The van der Waals surface area contributed by atoms with Crippen molar-refractivity contribution < 1.29 is 14.3 Å². The Hall–Kier alpha value is -2.27. The molecule has 4 nitrogen and oxygen atoms in total. The molecule has 0 aromatic heterocycles. The van der Waals surface area contributed by atoms with Gasteiger partial charge < -0.3 is 14.8 Å². The normalized spacial score (nSPS) is 10.6. The van der Waals surface area contributed by atoms with E-state index in [-0.39, 0.29) is 5.91 Å². The van der Waals surface area contributed by atoms with Crippen LogP contribution < -0.4 is 14.8 Å². The van der Waals surface area contributed by atoms with E-state index in [1.807, 2.05) is 42.5 Å². The number of halogens is 1. The first-order valence-electron chi connectivity index (χ1n) is 7.05. The summed E-state index contributed by atoms with van der Waals surface area (Å²) in [6, 6.07) is 13.2. The van der Waals surface area contributed by atoms with Gasteiger partial charge in [0.15, 0.2) is 0 Å². The smallest absolute Gasteiger partial charge is 0.244 e. The Balaban J connectivity index is 1.97. The fourth-order valence-corrected chi connectivity index (χ4v) is 2.27. The van der Waals surface area contributed by atoms with E-state index in [0.717, 1.165) is 21.3 Å². The van der Waals surface area contributed by atoms with Crippen LogP contribution >= 0.6 is 15.9 Å². The Kier molecular flexibility index (Phi) is 6.23. The Morgan fingerprint density at radius 2 is 1.87 bits per heavy atom. The number of carbonyl (C=O) groups is 1. The Labute approximate surface area is 144 Å². The van der Waals surface area contributed by atoms with Gasteiger partial charge in [-0.3, -0.25) is 4.79 Å². The molecule has 0 bridgehead atoms. The number of hydrogen-bond donors (Lipinski definition) is 1. The van der Waals surface area contributed by atoms with Gasteiger partial charge in [-0.15, -0.1) is 0 Å². The zero-order valence-corrected chi connectivity index (χ0v) is 14.6. The van der Waals surface area contributed by atoms with Crippen molar-refractivity contribution in [3.63, 3.8) is 0 Å². The summed E-state index contributed by atoms with van der Waals surface area (Å²) in [6.07, 6.45) is 3.28. The molecule has 1 amide bonds. The monoisotopic (exact) mass is 375 g/mol. The van der Waals surface area contributed by atoms with Gasteiger partial charge in [-0.1, -0.05) is 28.1 Å². The highest BCUT2D eigenvalue weighted by atomic mass is 79.9. The fraction of sp³-hybridized carbons (Fsp3) is 0.167. The van der Waals surface area contributed by atoms with Gasteiger partial charge in [-0.25, -0.2) is 0 Å². The minimum atomic E-state index is -0.169. The number of rotatable bonds is 6. The van der Waals surface area contributed by atoms with E-state index in [0.29, 0.717) is 12.3 Å². The lowest BCUT2D eigenvalue weighted by Gasteiger charge is -2.10. The average Bonchev–Trinajstić information content (AvgIpc) is 2.59. The van der Waals surface area contributed by atoms with E-state index in [1.165, 1.54) is 6.08 Å². The lowest BCUT2D eigenvalue weighted by atomic mass is 10.2. The van der Waals surface area contributed by atoms with E-state index in [4.69, 9.17) is 9.47 Å². The highest BCUT2D eigenvalue weighted by Gasteiger charge is 2.06. The third-order valence-corrected chi connectivity index (χ3v) is 3.77. The van der Waals surface area contributed by atoms with Crippen molar-refractivity contribution in [1.82, 2.24) is 5.32 Å². The van der Waals surface area contributed by atoms with Gasteiger partial charge in [0.05, 0.1) is 14.2 Å². The summed E-state index contributed by atoms with van der Waals surface area (Å²) in [7, 11) is 3.20. The summed E-state index contributed by atoms with van der Waals surface area (Å²) in [5.41, 5.74) is 1.82. The second kappa shape index (κ2) is 8.39. The molecule has 1 N–H and O–H groups in total. The van der Waals surface area contributed by atoms with Gasteiger partial charge in [0.25, 0.3) is 0 Å². The van der Waals surface area contributed by atoms with Crippen LogP contribution in [0.4, 0.5) is 0 Å². The number of benzene rings is 2. The summed E-state index contributed by atoms with van der Waals surface area (Å²) in [6.45, 7) is 0.365. The number of methoxy groups -OCH3 is 2. The van der Waals surface area contributed by atoms with E-state index in [2.05, 4.69) is 21.2 Å². The maximum absolute atomic E-state index is 11.9. The number of ether oxygens (including phenoxy) is 2. The maximum atomic E-state index is 11.9. The molecule has 2 aromatic carbocycles. The van der Waals surface area contributed by atoms with Crippen LogP contribution in [0.5, 0.6) is 11.5 Å². The predicted octanol–water partition coefficient (Wildman–Crippen LogP) is 3.80. The molecule has 0 aliphatic rings. The molecule has 23 heavy (non-hydrogen) atoms. The van der Waals surface area contributed by atoms with Crippen LogP contribution in [0.15, 0.2) is 53.0 Å². The standard InChI is InChI=1S/C18H18BrNO3/c1-22-16-8-9-17(23-2)14(11-16)12-20-18(21)10-5-13-3-6-15(19)7-4-13/h3-11H,12H2,1-2H3,(H,20,21)/b10-5+. The van der Waals surface area contributed by atoms with E-state index in [1.54, 1.807) is 20.3 Å². The van der Waals surface area contributed by atoms with Crippen molar-refractivity contribution in [3.05, 3.63) is 64.1 Å². The number of nitrogens with one attached hydrogen (secondary N) is 1. The van der Waals surface area contributed by atoms with Gasteiger partial charge >= 0.3 is 0 Å². The van der Waals surface area contributed by atoms with Crippen molar-refractivity contribution in [2.24, 2.45) is 0 Å². The van der Waals surface area contributed by atoms with Gasteiger partial charge in [0.1, 0.15) is 11.5 Å². The summed E-state index contributed by atoms with van der Waals surface area (Å²) in [4.78, 5) is 11.9. The molecule has 0 heterocycles. The first kappa shape index (κ1) is 17.1. The van der Waals surface area contributed by atoms with E-state index < -0.39 is 0 Å². The zero-order valence-electron chi connectivity index (χ0n) is 13.0. The zero-order chi connectivity index (χ0) is 16.7. The molecule has 0 radical (unpaired) electrons. The number of carbonyl (C=O) groups excluding carboxylic acids is 1. The Bertz CT molecular complexity index is 696. The predicted molar refractivity (Wildman–Crippen MR) is 94.6 cm³/mol. The topological polar surface area (TPSA) is 47.6 Å². The van der Waals surface area contributed by atoms with Crippen molar-refractivity contribution in [2.45, 2.75) is 6.54 Å². The van der Waals surface area contributed by atoms with Crippen LogP contribution in [-0.2, 0) is 11.3 Å². The second-order valence-electron chi connectivity index (χ2n) is 4.78. The molecule has 0 unspecified atom stereocenters. The maximum Gasteiger partial charge on any atom is 0.244 e. The molecule has 2 aromatic rings. The summed E-state index contributed by atoms with van der Waals surface area (Å²) in [5.74, 6) is 1.27. The largest absolute Gasteiger partial charge is 0.497 e. The van der Waals surface area contributed by atoms with Gasteiger partial charge in [0.2, 0.25) is 5.91 Å². The van der Waals surface area contributed by atoms with Crippen molar-refractivity contribution in [1.29, 1.82) is 0 Å². The highest BCUT2D eigenvalue weighted by Crippen LogP contribution is 2.23. The quantitative estimate of drug-likeness (QED) is 0.781. The van der Waals surface area contributed by atoms with Crippen LogP contribution in [0.2, 0.25) is 0 Å². The summed E-state index contributed by atoms with van der Waals surface area (Å²) < 4.78 is 11.5. The molecular formula is C18H18BrNO3. The third-order valence-electron chi connectivity index (χ3n) is 3.24. The van der Waals surface area contributed by atoms with Crippen LogP contribution in [0.3, 0.4) is 0 Å². The lowest BCUT2D eigenvalue weighted by Crippen LogP contribution is -2.20. The first-order valence-corrected chi connectivity index (χ1v) is 7.84. The SMILES string of the molecule is COc1ccc(OC)c(CNC(=O)/C=C/c2ccc(Br)cc2)c1. The van der Waals surface area contributed by atoms with Gasteiger partial charge in [-0.2, -0.15) is 0 Å². The molecule has 2 rings (SSSR count). The molecule has 120 valence electrons. The van der Waals surface area contributed by atoms with Crippen molar-refractivity contribution in [2.75, 3.05) is 14.2 Å². The van der Waals surface area contributed by atoms with Crippen LogP contribution in [0.1, 0.15) is 11.1 Å². The summed E-state index contributed by atoms with van der Waals surface area (Å²) in [5, 5.41) is 2.84. The first-order chi connectivity index (χ1) is 11.1. The lowest BCUT2D eigenvalue weighted by molar-refractivity contribution is -0.116. The number of hydrogen-bond acceptors (Lipinski definition) is 3. The molecule has 5 heteroatoms. The molecule has 0 aliphatic carbocycles. The molecule has 0 fully saturated rings. The third kappa shape index (κ3) is 5.14. The van der Waals surface area contributed by atoms with E-state index >= 15 is 0 Å². The van der Waals surface area contributed by atoms with Crippen LogP contribution in [0.25, 0.3) is 6.08 Å². The molecular weight excluding hydrogens is 358 g/mol. The van der Waals surface area contributed by atoms with Crippen molar-refractivity contribution >= 4 is 27.9 Å². The molecule has 0 spiro atoms. The molecule has 0 atom stereocenters. The van der Waals surface area contributed by atoms with E-state index in [9.17, 15) is 4.79 Å². The highest BCUT2D eigenvalue weighted by molar-refractivity contribution is 9.10. The van der Waals surface area contributed by atoms with Crippen LogP contribution in [-0.4, -0.2) is 20.1 Å². The van der Waals surface area contributed by atoms with Gasteiger partial charge in [-0.05, 0) is 42.0 Å². The van der Waals surface area contributed by atoms with Gasteiger partial charge in [0, 0.05) is 22.7 Å². The molecule has 0 aliphatic heterocycles. The average molecular weight is 376 g/mol. The molecule has 0 saturated carbocycles. The van der Waals surface area contributed by atoms with Crippen molar-refractivity contribution in [3.8, 4) is 11.5 Å². The Morgan fingerprint density at radius 3 is 2.52 bits per heavy atom. The minimum absolute atomic E-state index is 0.169. The fourth-order valence-electron chi connectivity index (χ4n) is 2.01. The number of amides is 1.